The van der Waals surface area contributed by atoms with Gasteiger partial charge in [-0.1, -0.05) is 30.4 Å². The first-order valence-electron chi connectivity index (χ1n) is 9.01. The van der Waals surface area contributed by atoms with Crippen LogP contribution in [-0.4, -0.2) is 23.0 Å². The van der Waals surface area contributed by atoms with Crippen molar-refractivity contribution in [1.29, 1.82) is 0 Å². The van der Waals surface area contributed by atoms with E-state index in [1.807, 2.05) is 49.4 Å². The lowest BCUT2D eigenvalue weighted by molar-refractivity contribution is 0.102. The topological polar surface area (TPSA) is 79.4 Å². The molecular formula is C22H20N4O2. The Morgan fingerprint density at radius 2 is 2.04 bits per heavy atom. The maximum Gasteiger partial charge on any atom is 0.256 e. The van der Waals surface area contributed by atoms with Crippen LogP contribution in [0.4, 0.5) is 5.69 Å². The first-order valence-corrected chi connectivity index (χ1v) is 9.01. The van der Waals surface area contributed by atoms with Gasteiger partial charge in [0.2, 0.25) is 0 Å². The first kappa shape index (κ1) is 17.7. The predicted molar refractivity (Wildman–Crippen MR) is 109 cm³/mol. The summed E-state index contributed by atoms with van der Waals surface area (Å²) in [5.41, 5.74) is 3.49. The smallest absolute Gasteiger partial charge is 0.256 e. The third-order valence-corrected chi connectivity index (χ3v) is 4.65. The Morgan fingerprint density at radius 1 is 1.18 bits per heavy atom. The SMILES string of the molecule is COc1cccc(C(=O)Nc2ccccc2-c2nc3c([nH]2)=CCC=CN=3)c1C. The highest BCUT2D eigenvalue weighted by atomic mass is 16.5. The monoisotopic (exact) mass is 372 g/mol. The number of hydrogen-bond acceptors (Lipinski definition) is 4. The number of benzene rings is 2. The van der Waals surface area contributed by atoms with E-state index in [4.69, 9.17) is 4.74 Å². The van der Waals surface area contributed by atoms with Gasteiger partial charge in [-0.2, -0.15) is 0 Å². The Morgan fingerprint density at radius 3 is 2.89 bits per heavy atom. The van der Waals surface area contributed by atoms with Crippen molar-refractivity contribution in [3.8, 4) is 17.1 Å². The lowest BCUT2D eigenvalue weighted by Gasteiger charge is -2.12. The van der Waals surface area contributed by atoms with Gasteiger partial charge in [-0.15, -0.1) is 0 Å². The molecule has 1 aliphatic rings. The molecule has 1 aromatic heterocycles. The molecule has 140 valence electrons. The van der Waals surface area contributed by atoms with Gasteiger partial charge in [-0.05, 0) is 37.6 Å². The van der Waals surface area contributed by atoms with Gasteiger partial charge in [0.15, 0.2) is 5.49 Å². The number of anilines is 1. The number of nitrogens with one attached hydrogen (secondary N) is 2. The molecule has 2 aromatic carbocycles. The molecular weight excluding hydrogens is 352 g/mol. The molecule has 6 nitrogen and oxygen atoms in total. The van der Waals surface area contributed by atoms with Crippen LogP contribution in [-0.2, 0) is 0 Å². The average molecular weight is 372 g/mol. The summed E-state index contributed by atoms with van der Waals surface area (Å²) in [6.07, 6.45) is 6.57. The summed E-state index contributed by atoms with van der Waals surface area (Å²) in [4.78, 5) is 25.1. The zero-order chi connectivity index (χ0) is 19.5. The number of aromatic nitrogens is 2. The van der Waals surface area contributed by atoms with E-state index < -0.39 is 0 Å². The number of methoxy groups -OCH3 is 1. The Hall–Kier alpha value is -3.67. The number of amides is 1. The number of carbonyl (C=O) groups excluding carboxylic acids is 1. The third-order valence-electron chi connectivity index (χ3n) is 4.65. The van der Waals surface area contributed by atoms with Crippen LogP contribution >= 0.6 is 0 Å². The average Bonchev–Trinajstić information content (AvgIpc) is 2.98. The quantitative estimate of drug-likeness (QED) is 0.739. The molecule has 4 rings (SSSR count). The summed E-state index contributed by atoms with van der Waals surface area (Å²) >= 11 is 0. The van der Waals surface area contributed by atoms with E-state index in [0.29, 0.717) is 28.3 Å². The van der Waals surface area contributed by atoms with Crippen LogP contribution in [0.2, 0.25) is 0 Å². The number of para-hydroxylation sites is 1. The summed E-state index contributed by atoms with van der Waals surface area (Å²) in [5.74, 6) is 1.15. The van der Waals surface area contributed by atoms with Crippen molar-refractivity contribution in [3.05, 3.63) is 76.7 Å². The second-order valence-electron chi connectivity index (χ2n) is 6.41. The fourth-order valence-electron chi connectivity index (χ4n) is 3.19. The molecule has 6 heteroatoms. The standard InChI is InChI=1S/C22H20N4O2/c1-14-15(9-7-12-19(14)28-2)22(27)25-17-10-4-3-8-16(17)20-24-18-11-5-6-13-23-21(18)26-20/h3-4,6-13H,5H2,1-2H3,(H,25,27)(H,23,24,26). The molecule has 3 aromatic rings. The maximum atomic E-state index is 12.9. The van der Waals surface area contributed by atoms with Gasteiger partial charge >= 0.3 is 0 Å². The van der Waals surface area contributed by atoms with E-state index >= 15 is 0 Å². The number of allylic oxidation sites excluding steroid dienone is 1. The summed E-state index contributed by atoms with van der Waals surface area (Å²) in [5, 5.41) is 3.88. The number of fused-ring (bicyclic) bond motifs is 1. The molecule has 0 fully saturated rings. The van der Waals surface area contributed by atoms with Gasteiger partial charge in [0, 0.05) is 22.9 Å². The number of hydrogen-bond donors (Lipinski definition) is 2. The van der Waals surface area contributed by atoms with E-state index in [1.54, 1.807) is 25.4 Å². The fourth-order valence-corrected chi connectivity index (χ4v) is 3.19. The number of aromatic amines is 1. The number of H-pyrrole nitrogens is 1. The van der Waals surface area contributed by atoms with Crippen molar-refractivity contribution >= 4 is 17.7 Å². The highest BCUT2D eigenvalue weighted by Gasteiger charge is 2.15. The molecule has 0 saturated heterocycles. The van der Waals surface area contributed by atoms with Crippen LogP contribution in [0.15, 0.2) is 59.7 Å². The Labute approximate surface area is 162 Å². The van der Waals surface area contributed by atoms with Crippen molar-refractivity contribution in [3.63, 3.8) is 0 Å². The Balaban J connectivity index is 1.71. The fraction of sp³-hybridized carbons (Fsp3) is 0.136. The molecule has 0 spiro atoms. The van der Waals surface area contributed by atoms with Gasteiger partial charge in [0.25, 0.3) is 5.91 Å². The minimum atomic E-state index is -0.198. The molecule has 0 bridgehead atoms. The molecule has 0 atom stereocenters. The van der Waals surface area contributed by atoms with Crippen LogP contribution in [0.5, 0.6) is 5.75 Å². The minimum absolute atomic E-state index is 0.198. The van der Waals surface area contributed by atoms with Crippen LogP contribution in [0.3, 0.4) is 0 Å². The van der Waals surface area contributed by atoms with Gasteiger partial charge < -0.3 is 15.0 Å². The highest BCUT2D eigenvalue weighted by Crippen LogP contribution is 2.26. The van der Waals surface area contributed by atoms with Crippen LogP contribution < -0.4 is 20.9 Å². The van der Waals surface area contributed by atoms with E-state index in [2.05, 4.69) is 20.3 Å². The van der Waals surface area contributed by atoms with Crippen LogP contribution in [0.25, 0.3) is 17.5 Å². The van der Waals surface area contributed by atoms with Crippen LogP contribution in [0.1, 0.15) is 22.3 Å². The van der Waals surface area contributed by atoms with Gasteiger partial charge in [0.05, 0.1) is 18.1 Å². The molecule has 0 radical (unpaired) electrons. The zero-order valence-electron chi connectivity index (χ0n) is 15.7. The third kappa shape index (κ3) is 3.32. The van der Waals surface area contributed by atoms with E-state index in [0.717, 1.165) is 22.9 Å². The normalized spacial score (nSPS) is 12.4. The molecule has 0 saturated carbocycles. The molecule has 2 heterocycles. The highest BCUT2D eigenvalue weighted by molar-refractivity contribution is 6.07. The lowest BCUT2D eigenvalue weighted by Crippen LogP contribution is -2.23. The van der Waals surface area contributed by atoms with Crippen molar-refractivity contribution < 1.29 is 9.53 Å². The molecule has 1 aliphatic heterocycles. The number of carbonyl (C=O) groups is 1. The second kappa shape index (κ2) is 7.52. The number of ether oxygens (including phenoxy) is 1. The minimum Gasteiger partial charge on any atom is -0.496 e. The van der Waals surface area contributed by atoms with E-state index in [1.165, 1.54) is 0 Å². The second-order valence-corrected chi connectivity index (χ2v) is 6.41. The Kier molecular flexibility index (Phi) is 4.76. The largest absolute Gasteiger partial charge is 0.496 e. The number of rotatable bonds is 4. The molecule has 2 N–H and O–H groups in total. The summed E-state index contributed by atoms with van der Waals surface area (Å²) in [6.45, 7) is 1.87. The van der Waals surface area contributed by atoms with E-state index in [-0.39, 0.29) is 5.91 Å². The molecule has 0 aliphatic carbocycles. The van der Waals surface area contributed by atoms with Crippen LogP contribution in [0, 0.1) is 6.92 Å². The van der Waals surface area contributed by atoms with Gasteiger partial charge in [-0.25, -0.2) is 9.98 Å². The number of imidazole rings is 1. The summed E-state index contributed by atoms with van der Waals surface area (Å²) in [7, 11) is 1.59. The van der Waals surface area contributed by atoms with E-state index in [9.17, 15) is 4.79 Å². The first-order chi connectivity index (χ1) is 13.7. The van der Waals surface area contributed by atoms with Gasteiger partial charge in [0.1, 0.15) is 11.6 Å². The zero-order valence-corrected chi connectivity index (χ0v) is 15.7. The molecule has 1 amide bonds. The molecule has 0 unspecified atom stereocenters. The maximum absolute atomic E-state index is 12.9. The molecule has 28 heavy (non-hydrogen) atoms. The van der Waals surface area contributed by atoms with Crippen molar-refractivity contribution in [2.45, 2.75) is 13.3 Å². The summed E-state index contributed by atoms with van der Waals surface area (Å²) in [6, 6.07) is 13.0. The number of nitrogens with zero attached hydrogens (tertiary/aromatic N) is 2. The van der Waals surface area contributed by atoms with Gasteiger partial charge in [-0.3, -0.25) is 4.79 Å². The van der Waals surface area contributed by atoms with Crippen molar-refractivity contribution in [1.82, 2.24) is 9.97 Å². The predicted octanol–water partition coefficient (Wildman–Crippen LogP) is 2.96. The Bertz CT molecular complexity index is 1190. The summed E-state index contributed by atoms with van der Waals surface area (Å²) < 4.78 is 5.32. The van der Waals surface area contributed by atoms with Crippen molar-refractivity contribution in [2.75, 3.05) is 12.4 Å². The lowest BCUT2D eigenvalue weighted by atomic mass is 10.1. The van der Waals surface area contributed by atoms with Crippen molar-refractivity contribution in [2.24, 2.45) is 4.99 Å².